The van der Waals surface area contributed by atoms with Crippen LogP contribution in [-0.4, -0.2) is 35.5 Å². The number of hydrogen-bond acceptors (Lipinski definition) is 3. The number of carboxylic acids is 1. The van der Waals surface area contributed by atoms with Gasteiger partial charge in [0.05, 0.1) is 5.02 Å². The quantitative estimate of drug-likeness (QED) is 0.883. The van der Waals surface area contributed by atoms with Crippen LogP contribution in [0.5, 0.6) is 0 Å². The molecular formula is C16H16ClNO4. The molecule has 0 bridgehead atoms. The number of carbonyl (C=O) groups excluding carboxylic acids is 1. The van der Waals surface area contributed by atoms with Crippen molar-refractivity contribution >= 4 is 23.5 Å². The molecule has 5 nitrogen and oxygen atoms in total. The van der Waals surface area contributed by atoms with E-state index in [-0.39, 0.29) is 18.1 Å². The van der Waals surface area contributed by atoms with Crippen molar-refractivity contribution in [2.45, 2.75) is 12.8 Å². The van der Waals surface area contributed by atoms with Crippen LogP contribution in [0.3, 0.4) is 0 Å². The van der Waals surface area contributed by atoms with Crippen molar-refractivity contribution in [3.63, 3.8) is 0 Å². The average molecular weight is 322 g/mol. The van der Waals surface area contributed by atoms with Gasteiger partial charge in [-0.25, -0.2) is 0 Å². The lowest BCUT2D eigenvalue weighted by Crippen LogP contribution is -2.27. The molecule has 0 saturated heterocycles. The second-order valence-corrected chi connectivity index (χ2v) is 5.27. The van der Waals surface area contributed by atoms with Gasteiger partial charge in [-0.3, -0.25) is 9.59 Å². The van der Waals surface area contributed by atoms with Crippen LogP contribution in [0.2, 0.25) is 5.02 Å². The maximum absolute atomic E-state index is 12.2. The molecular weight excluding hydrogens is 306 g/mol. The smallest absolute Gasteiger partial charge is 0.303 e. The molecule has 0 aliphatic carbocycles. The molecule has 116 valence electrons. The second kappa shape index (κ2) is 7.13. The third kappa shape index (κ3) is 3.89. The summed E-state index contributed by atoms with van der Waals surface area (Å²) in [6.07, 6.45) is 0.427. The maximum Gasteiger partial charge on any atom is 0.303 e. The van der Waals surface area contributed by atoms with Crippen molar-refractivity contribution in [3.05, 3.63) is 47.2 Å². The zero-order valence-corrected chi connectivity index (χ0v) is 12.8. The van der Waals surface area contributed by atoms with Crippen LogP contribution in [0.1, 0.15) is 23.4 Å². The minimum Gasteiger partial charge on any atom is -0.481 e. The van der Waals surface area contributed by atoms with Gasteiger partial charge >= 0.3 is 5.97 Å². The van der Waals surface area contributed by atoms with Gasteiger partial charge in [-0.1, -0.05) is 23.7 Å². The number of carbonyl (C=O) groups is 2. The van der Waals surface area contributed by atoms with Crippen molar-refractivity contribution in [2.75, 3.05) is 13.6 Å². The number of benzene rings is 1. The molecule has 1 heterocycles. The van der Waals surface area contributed by atoms with E-state index in [2.05, 4.69) is 0 Å². The first-order valence-electron chi connectivity index (χ1n) is 6.81. The first-order valence-corrected chi connectivity index (χ1v) is 7.19. The Morgan fingerprint density at radius 3 is 2.64 bits per heavy atom. The predicted octanol–water partition coefficient (Wildman–Crippen LogP) is 3.54. The van der Waals surface area contributed by atoms with E-state index in [1.807, 2.05) is 18.2 Å². The minimum absolute atomic E-state index is 0.0284. The highest BCUT2D eigenvalue weighted by molar-refractivity contribution is 6.33. The Morgan fingerprint density at radius 1 is 1.23 bits per heavy atom. The lowest BCUT2D eigenvalue weighted by molar-refractivity contribution is -0.137. The highest BCUT2D eigenvalue weighted by Gasteiger charge is 2.17. The Hall–Kier alpha value is -2.27. The van der Waals surface area contributed by atoms with Crippen LogP contribution >= 0.6 is 11.6 Å². The number of furan rings is 1. The molecule has 0 unspecified atom stereocenters. The van der Waals surface area contributed by atoms with E-state index >= 15 is 0 Å². The summed E-state index contributed by atoms with van der Waals surface area (Å²) in [5.74, 6) is -0.441. The van der Waals surface area contributed by atoms with E-state index in [1.54, 1.807) is 25.2 Å². The minimum atomic E-state index is -0.875. The summed E-state index contributed by atoms with van der Waals surface area (Å²) >= 11 is 6.10. The first kappa shape index (κ1) is 16.1. The monoisotopic (exact) mass is 321 g/mol. The molecule has 0 aliphatic rings. The summed E-state index contributed by atoms with van der Waals surface area (Å²) < 4.78 is 5.57. The molecule has 6 heteroatoms. The fourth-order valence-electron chi connectivity index (χ4n) is 2.02. The number of amides is 1. The molecule has 2 rings (SSSR count). The second-order valence-electron chi connectivity index (χ2n) is 4.87. The number of carboxylic acid groups (broad SMARTS) is 1. The van der Waals surface area contributed by atoms with Gasteiger partial charge in [0.2, 0.25) is 0 Å². The third-order valence-electron chi connectivity index (χ3n) is 3.19. The van der Waals surface area contributed by atoms with Crippen molar-refractivity contribution in [1.82, 2.24) is 4.90 Å². The van der Waals surface area contributed by atoms with Crippen LogP contribution in [0.4, 0.5) is 0 Å². The van der Waals surface area contributed by atoms with E-state index in [9.17, 15) is 9.59 Å². The number of rotatable bonds is 6. The summed E-state index contributed by atoms with van der Waals surface area (Å²) in [5.41, 5.74) is 0.719. The Kier molecular flexibility index (Phi) is 5.22. The molecule has 22 heavy (non-hydrogen) atoms. The highest BCUT2D eigenvalue weighted by atomic mass is 35.5. The zero-order chi connectivity index (χ0) is 16.1. The predicted molar refractivity (Wildman–Crippen MR) is 83.0 cm³/mol. The third-order valence-corrected chi connectivity index (χ3v) is 3.52. The molecule has 0 aliphatic heterocycles. The normalized spacial score (nSPS) is 10.5. The summed E-state index contributed by atoms with van der Waals surface area (Å²) in [7, 11) is 1.61. The van der Waals surface area contributed by atoms with Gasteiger partial charge in [0, 0.05) is 25.6 Å². The molecule has 1 N–H and O–H groups in total. The number of nitrogens with zero attached hydrogens (tertiary/aromatic N) is 1. The van der Waals surface area contributed by atoms with Gasteiger partial charge in [0.25, 0.3) is 5.91 Å². The molecule has 1 amide bonds. The molecule has 1 aromatic heterocycles. The largest absolute Gasteiger partial charge is 0.481 e. The molecule has 1 aromatic carbocycles. The number of hydrogen-bond donors (Lipinski definition) is 1. The van der Waals surface area contributed by atoms with Gasteiger partial charge in [0.15, 0.2) is 5.76 Å². The van der Waals surface area contributed by atoms with Gasteiger partial charge in [-0.05, 0) is 30.7 Å². The van der Waals surface area contributed by atoms with Crippen LogP contribution in [0.15, 0.2) is 40.8 Å². The number of halogens is 1. The van der Waals surface area contributed by atoms with Crippen LogP contribution in [0, 0.1) is 0 Å². The summed E-state index contributed by atoms with van der Waals surface area (Å²) in [5, 5.41) is 9.15. The van der Waals surface area contributed by atoms with Crippen molar-refractivity contribution in [3.8, 4) is 11.3 Å². The lowest BCUT2D eigenvalue weighted by Gasteiger charge is -2.14. The van der Waals surface area contributed by atoms with Gasteiger partial charge in [0.1, 0.15) is 5.76 Å². The Bertz CT molecular complexity index is 680. The maximum atomic E-state index is 12.2. The topological polar surface area (TPSA) is 70.8 Å². The standard InChI is InChI=1S/C16H16ClNO4/c1-18(10-4-7-15(19)20)16(21)14-9-8-13(22-14)11-5-2-3-6-12(11)17/h2-3,5-6,8-9H,4,7,10H2,1H3,(H,19,20). The summed E-state index contributed by atoms with van der Waals surface area (Å²) in [6, 6.07) is 10.5. The number of aliphatic carboxylic acids is 1. The first-order chi connectivity index (χ1) is 10.5. The van der Waals surface area contributed by atoms with Crippen molar-refractivity contribution in [2.24, 2.45) is 0 Å². The van der Waals surface area contributed by atoms with Gasteiger partial charge in [-0.2, -0.15) is 0 Å². The van der Waals surface area contributed by atoms with E-state index in [0.717, 1.165) is 5.56 Å². The van der Waals surface area contributed by atoms with E-state index in [4.69, 9.17) is 21.1 Å². The Labute approximate surface area is 133 Å². The van der Waals surface area contributed by atoms with Crippen LogP contribution < -0.4 is 0 Å². The highest BCUT2D eigenvalue weighted by Crippen LogP contribution is 2.29. The van der Waals surface area contributed by atoms with E-state index in [0.29, 0.717) is 23.7 Å². The zero-order valence-electron chi connectivity index (χ0n) is 12.1. The molecule has 0 atom stereocenters. The summed E-state index contributed by atoms with van der Waals surface area (Å²) in [6.45, 7) is 0.354. The fraction of sp³-hybridized carbons (Fsp3) is 0.250. The molecule has 0 fully saturated rings. The van der Waals surface area contributed by atoms with Gasteiger partial charge < -0.3 is 14.4 Å². The van der Waals surface area contributed by atoms with Crippen LogP contribution in [-0.2, 0) is 4.79 Å². The Balaban J connectivity index is 2.06. The molecule has 0 spiro atoms. The van der Waals surface area contributed by atoms with E-state index < -0.39 is 5.97 Å². The summed E-state index contributed by atoms with van der Waals surface area (Å²) in [4.78, 5) is 24.1. The molecule has 0 saturated carbocycles. The lowest BCUT2D eigenvalue weighted by atomic mass is 10.2. The van der Waals surface area contributed by atoms with Gasteiger partial charge in [-0.15, -0.1) is 0 Å². The molecule has 2 aromatic rings. The molecule has 0 radical (unpaired) electrons. The average Bonchev–Trinajstić information content (AvgIpc) is 2.96. The van der Waals surface area contributed by atoms with E-state index in [1.165, 1.54) is 4.90 Å². The fourth-order valence-corrected chi connectivity index (χ4v) is 2.24. The van der Waals surface area contributed by atoms with Crippen molar-refractivity contribution < 1.29 is 19.1 Å². The van der Waals surface area contributed by atoms with Crippen LogP contribution in [0.25, 0.3) is 11.3 Å². The van der Waals surface area contributed by atoms with Crippen molar-refractivity contribution in [1.29, 1.82) is 0 Å². The Morgan fingerprint density at radius 2 is 1.95 bits per heavy atom. The SMILES string of the molecule is CN(CCCC(=O)O)C(=O)c1ccc(-c2ccccc2Cl)o1.